The molecule has 0 saturated heterocycles. The molecule has 31 heavy (non-hydrogen) atoms. The number of rotatable bonds is 10. The molecule has 0 radical (unpaired) electrons. The summed E-state index contributed by atoms with van der Waals surface area (Å²) >= 11 is 0. The molecule has 0 aliphatic carbocycles. The maximum Gasteiger partial charge on any atom is 0.397 e. The Bertz CT molecular complexity index is 1210. The van der Waals surface area contributed by atoms with E-state index in [1.807, 2.05) is 13.8 Å². The zero-order chi connectivity index (χ0) is 23.2. The molecular formula is C18H21N3O8S2. The average molecular weight is 472 g/mol. The van der Waals surface area contributed by atoms with Crippen LogP contribution in [0.2, 0.25) is 0 Å². The summed E-state index contributed by atoms with van der Waals surface area (Å²) in [6.45, 7) is 3.74. The van der Waals surface area contributed by atoms with Crippen LogP contribution in [0.4, 0.5) is 17.1 Å². The quantitative estimate of drug-likeness (QED) is 0.347. The molecule has 2 rings (SSSR count). The molecule has 2 aromatic rings. The lowest BCUT2D eigenvalue weighted by atomic mass is 10.2. The van der Waals surface area contributed by atoms with E-state index in [0.29, 0.717) is 5.69 Å². The molecule has 0 bridgehead atoms. The van der Waals surface area contributed by atoms with Crippen LogP contribution >= 0.6 is 0 Å². The lowest BCUT2D eigenvalue weighted by molar-refractivity contribution is 0.0697. The van der Waals surface area contributed by atoms with E-state index >= 15 is 0 Å². The Morgan fingerprint density at radius 1 is 1.10 bits per heavy atom. The minimum absolute atomic E-state index is 0.197. The predicted molar refractivity (Wildman–Crippen MR) is 112 cm³/mol. The zero-order valence-corrected chi connectivity index (χ0v) is 18.3. The molecular weight excluding hydrogens is 450 g/mol. The van der Waals surface area contributed by atoms with Crippen LogP contribution in [0, 0.1) is 6.92 Å². The number of benzene rings is 2. The first-order valence-corrected chi connectivity index (χ1v) is 11.9. The van der Waals surface area contributed by atoms with Gasteiger partial charge in [0.2, 0.25) is 0 Å². The van der Waals surface area contributed by atoms with Gasteiger partial charge in [-0.25, -0.2) is 17.4 Å². The molecule has 168 valence electrons. The Morgan fingerprint density at radius 3 is 2.39 bits per heavy atom. The maximum atomic E-state index is 12.4. The van der Waals surface area contributed by atoms with Gasteiger partial charge >= 0.3 is 16.4 Å². The second kappa shape index (κ2) is 9.96. The van der Waals surface area contributed by atoms with Crippen molar-refractivity contribution in [2.24, 2.45) is 10.2 Å². The molecule has 0 fully saturated rings. The molecule has 2 aromatic carbocycles. The number of hydrogen-bond donors (Lipinski definition) is 3. The maximum absolute atomic E-state index is 12.4. The highest BCUT2D eigenvalue weighted by atomic mass is 32.3. The molecule has 0 unspecified atom stereocenters. The summed E-state index contributed by atoms with van der Waals surface area (Å²) in [6, 6.07) is 8.34. The van der Waals surface area contributed by atoms with Crippen molar-refractivity contribution >= 4 is 43.3 Å². The topological polar surface area (TPSA) is 172 Å². The monoisotopic (exact) mass is 471 g/mol. The number of carboxylic acid groups (broad SMARTS) is 1. The number of carboxylic acids is 1. The van der Waals surface area contributed by atoms with E-state index in [2.05, 4.69) is 19.7 Å². The molecule has 0 aliphatic heterocycles. The summed E-state index contributed by atoms with van der Waals surface area (Å²) in [5, 5.41) is 20.4. The van der Waals surface area contributed by atoms with Gasteiger partial charge in [-0.1, -0.05) is 0 Å². The van der Waals surface area contributed by atoms with Gasteiger partial charge in [0.25, 0.3) is 0 Å². The van der Waals surface area contributed by atoms with E-state index in [0.717, 1.165) is 36.0 Å². The Balaban J connectivity index is 2.35. The first-order valence-electron chi connectivity index (χ1n) is 8.91. The fraction of sp³-hybridized carbons (Fsp3) is 0.278. The van der Waals surface area contributed by atoms with Crippen LogP contribution < -0.4 is 5.32 Å². The minimum atomic E-state index is -4.78. The van der Waals surface area contributed by atoms with Crippen LogP contribution in [0.3, 0.4) is 0 Å². The van der Waals surface area contributed by atoms with Gasteiger partial charge in [-0.05, 0) is 55.8 Å². The van der Waals surface area contributed by atoms with Crippen molar-refractivity contribution in [3.05, 3.63) is 47.5 Å². The first-order chi connectivity index (χ1) is 14.4. The predicted octanol–water partition coefficient (Wildman–Crippen LogP) is 3.13. The number of aryl methyl sites for hydroxylation is 1. The van der Waals surface area contributed by atoms with Crippen LogP contribution in [0.15, 0.2) is 51.5 Å². The molecule has 0 aliphatic rings. The number of carbonyl (C=O) groups is 1. The Labute approximate surface area is 179 Å². The third-order valence-electron chi connectivity index (χ3n) is 3.99. The number of hydrogen-bond acceptors (Lipinski definition) is 9. The van der Waals surface area contributed by atoms with Crippen LogP contribution in [0.1, 0.15) is 22.8 Å². The van der Waals surface area contributed by atoms with E-state index in [9.17, 15) is 26.7 Å². The van der Waals surface area contributed by atoms with Crippen molar-refractivity contribution in [2.45, 2.75) is 18.7 Å². The Kier molecular flexibility index (Phi) is 7.84. The van der Waals surface area contributed by atoms with Crippen molar-refractivity contribution in [3.63, 3.8) is 0 Å². The normalized spacial score (nSPS) is 12.2. The van der Waals surface area contributed by atoms with Crippen molar-refractivity contribution in [2.75, 3.05) is 24.2 Å². The van der Waals surface area contributed by atoms with Gasteiger partial charge in [0, 0.05) is 12.2 Å². The number of nitrogens with zero attached hydrogens (tertiary/aromatic N) is 2. The number of azo groups is 1. The summed E-state index contributed by atoms with van der Waals surface area (Å²) in [4.78, 5) is 11.2. The summed E-state index contributed by atoms with van der Waals surface area (Å²) in [6.07, 6.45) is 0. The summed E-state index contributed by atoms with van der Waals surface area (Å²) in [5.41, 5.74) is 1.78. The van der Waals surface area contributed by atoms with Crippen molar-refractivity contribution < 1.29 is 35.5 Å². The molecule has 0 aromatic heterocycles. The van der Waals surface area contributed by atoms with E-state index in [1.54, 1.807) is 18.2 Å². The van der Waals surface area contributed by atoms with E-state index in [-0.39, 0.29) is 16.1 Å². The smallest absolute Gasteiger partial charge is 0.397 e. The summed E-state index contributed by atoms with van der Waals surface area (Å²) < 4.78 is 58.5. The Morgan fingerprint density at radius 2 is 1.81 bits per heavy atom. The molecule has 0 spiro atoms. The standard InChI is InChI=1S/C18H21N3O8S2/c1-3-19-16-7-4-13(10-12(16)2)20-21-17-11-14(5-6-15(17)18(22)23)30(24,25)9-8-29-31(26,27)28/h4-7,10-11,19H,3,8-9H2,1-2H3,(H,22,23)(H,26,27,28)/b21-20+. The highest BCUT2D eigenvalue weighted by Crippen LogP contribution is 2.28. The van der Waals surface area contributed by atoms with Crippen molar-refractivity contribution in [1.82, 2.24) is 0 Å². The highest BCUT2D eigenvalue weighted by molar-refractivity contribution is 7.91. The van der Waals surface area contributed by atoms with Gasteiger partial charge in [0.15, 0.2) is 9.84 Å². The number of anilines is 1. The molecule has 0 amide bonds. The summed E-state index contributed by atoms with van der Waals surface area (Å²) in [7, 11) is -8.84. The van der Waals surface area contributed by atoms with E-state index in [4.69, 9.17) is 4.55 Å². The van der Waals surface area contributed by atoms with Gasteiger partial charge in [-0.15, -0.1) is 5.11 Å². The van der Waals surface area contributed by atoms with Crippen LogP contribution in [-0.4, -0.2) is 51.4 Å². The third kappa shape index (κ3) is 7.10. The summed E-state index contributed by atoms with van der Waals surface area (Å²) in [5.74, 6) is -2.09. The largest absolute Gasteiger partial charge is 0.478 e. The molecule has 0 atom stereocenters. The SMILES string of the molecule is CCNc1ccc(/N=N/c2cc(S(=O)(=O)CCOS(=O)(=O)O)ccc2C(=O)O)cc1C. The second-order valence-corrected chi connectivity index (χ2v) is 9.48. The molecule has 0 saturated carbocycles. The fourth-order valence-corrected chi connectivity index (χ4v) is 4.05. The highest BCUT2D eigenvalue weighted by Gasteiger charge is 2.20. The van der Waals surface area contributed by atoms with Crippen LogP contribution in [0.25, 0.3) is 0 Å². The fourth-order valence-electron chi connectivity index (χ4n) is 2.55. The minimum Gasteiger partial charge on any atom is -0.478 e. The Hall–Kier alpha value is -2.87. The molecule has 0 heterocycles. The number of aromatic carboxylic acids is 1. The number of nitrogens with one attached hydrogen (secondary N) is 1. The van der Waals surface area contributed by atoms with E-state index in [1.165, 1.54) is 0 Å². The van der Waals surface area contributed by atoms with Crippen molar-refractivity contribution in [1.29, 1.82) is 0 Å². The zero-order valence-electron chi connectivity index (χ0n) is 16.6. The molecule has 13 heteroatoms. The first kappa shape index (κ1) is 24.4. The average Bonchev–Trinajstić information content (AvgIpc) is 2.66. The molecule has 11 nitrogen and oxygen atoms in total. The van der Waals surface area contributed by atoms with Gasteiger partial charge in [0.05, 0.1) is 28.5 Å². The molecule has 3 N–H and O–H groups in total. The third-order valence-corrected chi connectivity index (χ3v) is 6.13. The van der Waals surface area contributed by atoms with E-state index < -0.39 is 38.6 Å². The lowest BCUT2D eigenvalue weighted by Gasteiger charge is -2.08. The van der Waals surface area contributed by atoms with Gasteiger partial charge in [0.1, 0.15) is 5.69 Å². The van der Waals surface area contributed by atoms with Crippen LogP contribution in [0.5, 0.6) is 0 Å². The second-order valence-electron chi connectivity index (χ2n) is 6.28. The van der Waals surface area contributed by atoms with Crippen LogP contribution in [-0.2, 0) is 24.4 Å². The van der Waals surface area contributed by atoms with Gasteiger partial charge in [-0.2, -0.15) is 13.5 Å². The van der Waals surface area contributed by atoms with Gasteiger partial charge < -0.3 is 10.4 Å². The van der Waals surface area contributed by atoms with Crippen molar-refractivity contribution in [3.8, 4) is 0 Å². The number of sulfone groups is 1. The lowest BCUT2D eigenvalue weighted by Crippen LogP contribution is -2.15. The van der Waals surface area contributed by atoms with Gasteiger partial charge in [-0.3, -0.25) is 4.55 Å².